The lowest BCUT2D eigenvalue weighted by molar-refractivity contribution is 0.0644. The van der Waals surface area contributed by atoms with E-state index < -0.39 is 5.82 Å². The monoisotopic (exact) mass is 284 g/mol. The molecule has 0 spiro atoms. The molecule has 0 radical (unpaired) electrons. The van der Waals surface area contributed by atoms with Gasteiger partial charge in [0.05, 0.1) is 5.56 Å². The number of halogens is 2. The molecule has 1 aromatic rings. The van der Waals surface area contributed by atoms with Crippen molar-refractivity contribution >= 4 is 17.5 Å². The molecule has 1 aliphatic heterocycles. The topological polar surface area (TPSA) is 46.3 Å². The van der Waals surface area contributed by atoms with Gasteiger partial charge in [-0.2, -0.15) is 0 Å². The van der Waals surface area contributed by atoms with E-state index in [-0.39, 0.29) is 23.4 Å². The fraction of sp³-hybridized carbons (Fsp3) is 0.500. The number of hydrogen-bond acceptors (Lipinski definition) is 2. The van der Waals surface area contributed by atoms with Crippen LogP contribution in [0.5, 0.6) is 0 Å². The van der Waals surface area contributed by atoms with E-state index in [1.807, 2.05) is 0 Å². The highest BCUT2D eigenvalue weighted by Gasteiger charge is 2.29. The Labute approximate surface area is 117 Å². The van der Waals surface area contributed by atoms with Crippen LogP contribution < -0.4 is 5.73 Å². The van der Waals surface area contributed by atoms with Crippen LogP contribution in [0.15, 0.2) is 18.2 Å². The summed E-state index contributed by atoms with van der Waals surface area (Å²) in [6.45, 7) is 3.23. The molecule has 1 heterocycles. The second-order valence-electron chi connectivity index (χ2n) is 5.00. The first kappa shape index (κ1) is 14.3. The highest BCUT2D eigenvalue weighted by atomic mass is 35.5. The zero-order chi connectivity index (χ0) is 14.0. The van der Waals surface area contributed by atoms with Crippen molar-refractivity contribution in [1.29, 1.82) is 0 Å². The van der Waals surface area contributed by atoms with E-state index in [0.29, 0.717) is 18.1 Å². The molecule has 1 saturated heterocycles. The quantitative estimate of drug-likeness (QED) is 0.907. The van der Waals surface area contributed by atoms with Gasteiger partial charge in [0.2, 0.25) is 0 Å². The van der Waals surface area contributed by atoms with Gasteiger partial charge in [-0.25, -0.2) is 4.39 Å². The van der Waals surface area contributed by atoms with E-state index >= 15 is 0 Å². The summed E-state index contributed by atoms with van der Waals surface area (Å²) in [5.41, 5.74) is 6.09. The van der Waals surface area contributed by atoms with Gasteiger partial charge in [0.25, 0.3) is 5.91 Å². The molecule has 1 amide bonds. The molecule has 104 valence electrons. The molecule has 1 aliphatic rings. The standard InChI is InChI=1S/C14H18ClFN2O/c1-2-9-8-18(6-5-13(9)17)14(19)11-4-3-10(15)7-12(11)16/h3-4,7,9,13H,2,5-6,8,17H2,1H3. The van der Waals surface area contributed by atoms with E-state index in [9.17, 15) is 9.18 Å². The summed E-state index contributed by atoms with van der Waals surface area (Å²) in [5, 5.41) is 0.293. The number of hydrogen-bond donors (Lipinski definition) is 1. The van der Waals surface area contributed by atoms with Crippen molar-refractivity contribution in [3.05, 3.63) is 34.6 Å². The molecule has 2 N–H and O–H groups in total. The van der Waals surface area contributed by atoms with Crippen LogP contribution >= 0.6 is 11.6 Å². The smallest absolute Gasteiger partial charge is 0.256 e. The van der Waals surface area contributed by atoms with Gasteiger partial charge in [0, 0.05) is 24.2 Å². The van der Waals surface area contributed by atoms with Crippen LogP contribution in [0.2, 0.25) is 5.02 Å². The molecule has 1 aromatic carbocycles. The van der Waals surface area contributed by atoms with Crippen molar-refractivity contribution in [3.8, 4) is 0 Å². The molecule has 2 atom stereocenters. The number of benzene rings is 1. The van der Waals surface area contributed by atoms with Crippen molar-refractivity contribution in [3.63, 3.8) is 0 Å². The second kappa shape index (κ2) is 5.88. The zero-order valence-corrected chi connectivity index (χ0v) is 11.7. The van der Waals surface area contributed by atoms with Gasteiger partial charge in [-0.1, -0.05) is 24.9 Å². The third-order valence-corrected chi connectivity index (χ3v) is 4.00. The number of nitrogens with zero attached hydrogens (tertiary/aromatic N) is 1. The van der Waals surface area contributed by atoms with Crippen LogP contribution in [0.4, 0.5) is 4.39 Å². The number of amides is 1. The molecule has 5 heteroatoms. The molecule has 19 heavy (non-hydrogen) atoms. The van der Waals surface area contributed by atoms with E-state index in [4.69, 9.17) is 17.3 Å². The maximum absolute atomic E-state index is 13.8. The lowest BCUT2D eigenvalue weighted by Gasteiger charge is -2.36. The Hall–Kier alpha value is -1.13. The van der Waals surface area contributed by atoms with E-state index in [2.05, 4.69) is 6.92 Å². The van der Waals surface area contributed by atoms with E-state index in [1.54, 1.807) is 4.90 Å². The summed E-state index contributed by atoms with van der Waals surface area (Å²) >= 11 is 5.69. The predicted molar refractivity (Wildman–Crippen MR) is 73.7 cm³/mol. The van der Waals surface area contributed by atoms with Gasteiger partial charge in [0.1, 0.15) is 5.82 Å². The third-order valence-electron chi connectivity index (χ3n) is 3.77. The summed E-state index contributed by atoms with van der Waals surface area (Å²) in [6, 6.07) is 4.27. The molecule has 2 unspecified atom stereocenters. The summed E-state index contributed by atoms with van der Waals surface area (Å²) < 4.78 is 13.8. The number of piperidine rings is 1. The normalized spacial score (nSPS) is 23.5. The average molecular weight is 285 g/mol. The van der Waals surface area contributed by atoms with Gasteiger partial charge in [-0.05, 0) is 30.5 Å². The Balaban J connectivity index is 2.15. The molecular formula is C14H18ClFN2O. The largest absolute Gasteiger partial charge is 0.338 e. The van der Waals surface area contributed by atoms with Crippen molar-refractivity contribution in [2.75, 3.05) is 13.1 Å². The van der Waals surface area contributed by atoms with Crippen molar-refractivity contribution < 1.29 is 9.18 Å². The number of carbonyl (C=O) groups is 1. The Bertz CT molecular complexity index is 481. The Kier molecular flexibility index (Phi) is 4.42. The molecule has 2 rings (SSSR count). The fourth-order valence-corrected chi connectivity index (χ4v) is 2.66. The van der Waals surface area contributed by atoms with Crippen LogP contribution in [0, 0.1) is 11.7 Å². The Morgan fingerprint density at radius 1 is 1.58 bits per heavy atom. The average Bonchev–Trinajstić information content (AvgIpc) is 2.38. The minimum atomic E-state index is -0.569. The third kappa shape index (κ3) is 3.07. The first-order valence-corrected chi connectivity index (χ1v) is 6.90. The summed E-state index contributed by atoms with van der Waals surface area (Å²) in [5.74, 6) is -0.562. The highest BCUT2D eigenvalue weighted by Crippen LogP contribution is 2.22. The molecule has 0 aliphatic carbocycles. The summed E-state index contributed by atoms with van der Waals surface area (Å²) in [7, 11) is 0. The first-order valence-electron chi connectivity index (χ1n) is 6.52. The second-order valence-corrected chi connectivity index (χ2v) is 5.43. The maximum atomic E-state index is 13.8. The van der Waals surface area contributed by atoms with Crippen molar-refractivity contribution in [2.24, 2.45) is 11.7 Å². The predicted octanol–water partition coefficient (Wildman–Crippen LogP) is 2.68. The van der Waals surface area contributed by atoms with E-state index in [0.717, 1.165) is 12.8 Å². The van der Waals surface area contributed by atoms with Crippen LogP contribution in [0.1, 0.15) is 30.1 Å². The minimum Gasteiger partial charge on any atom is -0.338 e. The van der Waals surface area contributed by atoms with Crippen LogP contribution in [0.25, 0.3) is 0 Å². The number of nitrogens with two attached hydrogens (primary N) is 1. The Morgan fingerprint density at radius 3 is 2.95 bits per heavy atom. The lowest BCUT2D eigenvalue weighted by atomic mass is 9.90. The summed E-state index contributed by atoms with van der Waals surface area (Å²) in [6.07, 6.45) is 1.69. The fourth-order valence-electron chi connectivity index (χ4n) is 2.50. The van der Waals surface area contributed by atoms with Crippen molar-refractivity contribution in [1.82, 2.24) is 4.90 Å². The van der Waals surface area contributed by atoms with Gasteiger partial charge < -0.3 is 10.6 Å². The molecular weight excluding hydrogens is 267 g/mol. The van der Waals surface area contributed by atoms with Gasteiger partial charge >= 0.3 is 0 Å². The van der Waals surface area contributed by atoms with Crippen LogP contribution in [-0.2, 0) is 0 Å². The van der Waals surface area contributed by atoms with Gasteiger partial charge in [-0.15, -0.1) is 0 Å². The Morgan fingerprint density at radius 2 is 2.32 bits per heavy atom. The highest BCUT2D eigenvalue weighted by molar-refractivity contribution is 6.30. The van der Waals surface area contributed by atoms with Gasteiger partial charge in [0.15, 0.2) is 0 Å². The molecule has 0 bridgehead atoms. The minimum absolute atomic E-state index is 0.0784. The SMILES string of the molecule is CCC1CN(C(=O)c2ccc(Cl)cc2F)CCC1N. The molecule has 0 aromatic heterocycles. The summed E-state index contributed by atoms with van der Waals surface area (Å²) in [4.78, 5) is 14.0. The lowest BCUT2D eigenvalue weighted by Crippen LogP contribution is -2.49. The van der Waals surface area contributed by atoms with Crippen LogP contribution in [-0.4, -0.2) is 29.9 Å². The van der Waals surface area contributed by atoms with E-state index in [1.165, 1.54) is 18.2 Å². The number of carbonyl (C=O) groups excluding carboxylic acids is 1. The molecule has 1 fully saturated rings. The first-order chi connectivity index (χ1) is 9.02. The number of likely N-dealkylation sites (tertiary alicyclic amines) is 1. The molecule has 0 saturated carbocycles. The molecule has 3 nitrogen and oxygen atoms in total. The van der Waals surface area contributed by atoms with Gasteiger partial charge in [-0.3, -0.25) is 4.79 Å². The number of rotatable bonds is 2. The zero-order valence-electron chi connectivity index (χ0n) is 10.9. The van der Waals surface area contributed by atoms with Crippen LogP contribution in [0.3, 0.4) is 0 Å². The maximum Gasteiger partial charge on any atom is 0.256 e. The van der Waals surface area contributed by atoms with Crippen molar-refractivity contribution in [2.45, 2.75) is 25.8 Å².